The van der Waals surface area contributed by atoms with Gasteiger partial charge < -0.3 is 10.4 Å². The van der Waals surface area contributed by atoms with Crippen LogP contribution in [0.5, 0.6) is 0 Å². The fraction of sp³-hybridized carbons (Fsp3) is 1.00. The number of rotatable bonds is 1. The minimum atomic E-state index is -0.395. The van der Waals surface area contributed by atoms with Crippen molar-refractivity contribution in [3.05, 3.63) is 0 Å². The van der Waals surface area contributed by atoms with Crippen molar-refractivity contribution in [3.8, 4) is 0 Å². The number of piperidine rings is 1. The third-order valence-electron chi connectivity index (χ3n) is 3.15. The Balaban J connectivity index is 0.000000845. The molecule has 3 nitrogen and oxygen atoms in total. The van der Waals surface area contributed by atoms with Crippen LogP contribution in [0.25, 0.3) is 0 Å². The maximum atomic E-state index is 9.72. The van der Waals surface area contributed by atoms with Crippen LogP contribution in [0, 0.1) is 0 Å². The average molecular weight is 207 g/mol. The molecule has 78 valence electrons. The van der Waals surface area contributed by atoms with Crippen molar-refractivity contribution in [2.75, 3.05) is 26.2 Å². The van der Waals surface area contributed by atoms with Gasteiger partial charge in [0.15, 0.2) is 0 Å². The molecule has 2 heterocycles. The van der Waals surface area contributed by atoms with E-state index in [1.165, 1.54) is 0 Å². The van der Waals surface area contributed by atoms with Gasteiger partial charge in [-0.25, -0.2) is 0 Å². The van der Waals surface area contributed by atoms with Crippen LogP contribution in [0.2, 0.25) is 0 Å². The van der Waals surface area contributed by atoms with Crippen LogP contribution in [0.15, 0.2) is 0 Å². The summed E-state index contributed by atoms with van der Waals surface area (Å²) in [5.41, 5.74) is -0.395. The van der Waals surface area contributed by atoms with E-state index < -0.39 is 5.60 Å². The number of aliphatic hydroxyl groups is 1. The highest BCUT2D eigenvalue weighted by atomic mass is 35.5. The highest BCUT2D eigenvalue weighted by Gasteiger charge is 2.32. The Labute approximate surface area is 85.9 Å². The minimum Gasteiger partial charge on any atom is -0.390 e. The van der Waals surface area contributed by atoms with Gasteiger partial charge in [0.05, 0.1) is 5.60 Å². The van der Waals surface area contributed by atoms with E-state index in [4.69, 9.17) is 0 Å². The molecule has 0 aromatic heterocycles. The normalized spacial score (nSPS) is 29.1. The smallest absolute Gasteiger partial charge is 0.0644 e. The maximum Gasteiger partial charge on any atom is 0.0644 e. The molecule has 2 fully saturated rings. The summed E-state index contributed by atoms with van der Waals surface area (Å²) >= 11 is 0. The number of nitrogens with zero attached hydrogens (tertiary/aromatic N) is 1. The van der Waals surface area contributed by atoms with Crippen LogP contribution < -0.4 is 5.32 Å². The number of hydrogen-bond donors (Lipinski definition) is 2. The molecule has 0 unspecified atom stereocenters. The summed E-state index contributed by atoms with van der Waals surface area (Å²) in [4.78, 5) is 2.49. The van der Waals surface area contributed by atoms with E-state index in [0.29, 0.717) is 0 Å². The van der Waals surface area contributed by atoms with Crippen LogP contribution in [-0.4, -0.2) is 47.8 Å². The first kappa shape index (κ1) is 11.2. The quantitative estimate of drug-likeness (QED) is 0.645. The van der Waals surface area contributed by atoms with E-state index in [0.717, 1.165) is 45.1 Å². The topological polar surface area (TPSA) is 35.5 Å². The molecule has 0 aromatic carbocycles. The SMILES string of the molecule is CC1(O)CCN(C2CNC2)CC1.Cl. The summed E-state index contributed by atoms with van der Waals surface area (Å²) in [5.74, 6) is 0. The number of likely N-dealkylation sites (tertiary alicyclic amines) is 1. The van der Waals surface area contributed by atoms with Crippen molar-refractivity contribution in [1.82, 2.24) is 10.2 Å². The summed E-state index contributed by atoms with van der Waals surface area (Å²) < 4.78 is 0. The van der Waals surface area contributed by atoms with Crippen LogP contribution in [0.4, 0.5) is 0 Å². The predicted octanol–water partition coefficient (Wildman–Crippen LogP) is 0.227. The van der Waals surface area contributed by atoms with Gasteiger partial charge in [0.2, 0.25) is 0 Å². The molecule has 13 heavy (non-hydrogen) atoms. The molecule has 2 aliphatic heterocycles. The fourth-order valence-electron chi connectivity index (χ4n) is 1.90. The largest absolute Gasteiger partial charge is 0.390 e. The molecule has 2 N–H and O–H groups in total. The van der Waals surface area contributed by atoms with Crippen LogP contribution in [-0.2, 0) is 0 Å². The monoisotopic (exact) mass is 206 g/mol. The molecule has 0 bridgehead atoms. The van der Waals surface area contributed by atoms with Crippen LogP contribution >= 0.6 is 12.4 Å². The summed E-state index contributed by atoms with van der Waals surface area (Å²) in [6.07, 6.45) is 1.87. The molecule has 2 aliphatic rings. The van der Waals surface area contributed by atoms with Crippen molar-refractivity contribution in [2.24, 2.45) is 0 Å². The molecule has 4 heteroatoms. The Bertz CT molecular complexity index is 161. The lowest BCUT2D eigenvalue weighted by Gasteiger charge is -2.43. The van der Waals surface area contributed by atoms with Gasteiger partial charge in [-0.3, -0.25) is 4.90 Å². The second-order valence-electron chi connectivity index (χ2n) is 4.34. The van der Waals surface area contributed by atoms with Crippen molar-refractivity contribution < 1.29 is 5.11 Å². The molecule has 0 spiro atoms. The van der Waals surface area contributed by atoms with Gasteiger partial charge in [-0.15, -0.1) is 12.4 Å². The summed E-state index contributed by atoms with van der Waals surface area (Å²) in [7, 11) is 0. The van der Waals surface area contributed by atoms with Gasteiger partial charge in [-0.1, -0.05) is 0 Å². The van der Waals surface area contributed by atoms with Crippen molar-refractivity contribution >= 4 is 12.4 Å². The molecular weight excluding hydrogens is 188 g/mol. The summed E-state index contributed by atoms with van der Waals surface area (Å²) in [6, 6.07) is 0.751. The van der Waals surface area contributed by atoms with E-state index in [1.807, 2.05) is 6.92 Å². The first-order chi connectivity index (χ1) is 5.67. The zero-order chi connectivity index (χ0) is 8.60. The Morgan fingerprint density at radius 1 is 1.31 bits per heavy atom. The molecule has 0 atom stereocenters. The zero-order valence-electron chi connectivity index (χ0n) is 8.12. The Morgan fingerprint density at radius 2 is 1.85 bits per heavy atom. The average Bonchev–Trinajstić information content (AvgIpc) is 1.89. The van der Waals surface area contributed by atoms with Crippen molar-refractivity contribution in [2.45, 2.75) is 31.4 Å². The Kier molecular flexibility index (Phi) is 3.57. The molecule has 0 aromatic rings. The summed E-state index contributed by atoms with van der Waals surface area (Å²) in [5, 5.41) is 13.0. The molecule has 2 rings (SSSR count). The van der Waals surface area contributed by atoms with Crippen LogP contribution in [0.1, 0.15) is 19.8 Å². The lowest BCUT2D eigenvalue weighted by molar-refractivity contribution is -0.0227. The van der Waals surface area contributed by atoms with E-state index >= 15 is 0 Å². The highest BCUT2D eigenvalue weighted by Crippen LogP contribution is 2.23. The fourth-order valence-corrected chi connectivity index (χ4v) is 1.90. The van der Waals surface area contributed by atoms with Gasteiger partial charge in [-0.2, -0.15) is 0 Å². The van der Waals surface area contributed by atoms with Crippen LogP contribution in [0.3, 0.4) is 0 Å². The van der Waals surface area contributed by atoms with Gasteiger partial charge in [0.1, 0.15) is 0 Å². The number of hydrogen-bond acceptors (Lipinski definition) is 3. The lowest BCUT2D eigenvalue weighted by atomic mass is 9.92. The summed E-state index contributed by atoms with van der Waals surface area (Å²) in [6.45, 7) is 6.37. The van der Waals surface area contributed by atoms with E-state index in [9.17, 15) is 5.11 Å². The minimum absolute atomic E-state index is 0. The number of nitrogens with one attached hydrogen (secondary N) is 1. The molecule has 0 saturated carbocycles. The molecule has 0 radical (unpaired) electrons. The van der Waals surface area contributed by atoms with Gasteiger partial charge in [0, 0.05) is 32.2 Å². The standard InChI is InChI=1S/C9H18N2O.ClH/c1-9(12)2-4-11(5-3-9)8-6-10-7-8;/h8,10,12H,2-7H2,1H3;1H. The van der Waals surface area contributed by atoms with E-state index in [2.05, 4.69) is 10.2 Å². The molecule has 0 amide bonds. The highest BCUT2D eigenvalue weighted by molar-refractivity contribution is 5.85. The van der Waals surface area contributed by atoms with Gasteiger partial charge in [-0.05, 0) is 19.8 Å². The zero-order valence-corrected chi connectivity index (χ0v) is 8.94. The lowest BCUT2D eigenvalue weighted by Crippen LogP contribution is -2.60. The third kappa shape index (κ3) is 2.56. The van der Waals surface area contributed by atoms with Crippen molar-refractivity contribution in [1.29, 1.82) is 0 Å². The number of halogens is 1. The second-order valence-corrected chi connectivity index (χ2v) is 4.34. The maximum absolute atomic E-state index is 9.72. The third-order valence-corrected chi connectivity index (χ3v) is 3.15. The van der Waals surface area contributed by atoms with Gasteiger partial charge >= 0.3 is 0 Å². The Hall–Kier alpha value is 0.170. The van der Waals surface area contributed by atoms with E-state index in [1.54, 1.807) is 0 Å². The molecule has 2 saturated heterocycles. The predicted molar refractivity (Wildman–Crippen MR) is 55.3 cm³/mol. The second kappa shape index (κ2) is 4.13. The molecular formula is C9H19ClN2O. The Morgan fingerprint density at radius 3 is 2.23 bits per heavy atom. The van der Waals surface area contributed by atoms with Crippen molar-refractivity contribution in [3.63, 3.8) is 0 Å². The first-order valence-electron chi connectivity index (χ1n) is 4.84. The van der Waals surface area contributed by atoms with Gasteiger partial charge in [0.25, 0.3) is 0 Å². The van der Waals surface area contributed by atoms with E-state index in [-0.39, 0.29) is 12.4 Å². The molecule has 0 aliphatic carbocycles. The first-order valence-corrected chi connectivity index (χ1v) is 4.84.